The molecule has 1 aliphatic carbocycles. The summed E-state index contributed by atoms with van der Waals surface area (Å²) in [7, 11) is 0. The molecule has 1 saturated heterocycles. The van der Waals surface area contributed by atoms with Crippen LogP contribution < -0.4 is 4.74 Å². The lowest BCUT2D eigenvalue weighted by Crippen LogP contribution is -2.30. The van der Waals surface area contributed by atoms with E-state index < -0.39 is 0 Å². The summed E-state index contributed by atoms with van der Waals surface area (Å²) < 4.78 is 5.89. The van der Waals surface area contributed by atoms with Crippen LogP contribution in [0.25, 0.3) is 0 Å². The molecule has 0 unspecified atom stereocenters. The van der Waals surface area contributed by atoms with E-state index >= 15 is 0 Å². The number of carbonyl (C=O) groups is 1. The minimum absolute atomic E-state index is 0.152. The van der Waals surface area contributed by atoms with Crippen LogP contribution in [0.15, 0.2) is 54.6 Å². The Bertz CT molecular complexity index is 756. The maximum Gasteiger partial charge on any atom is 0.223 e. The van der Waals surface area contributed by atoms with E-state index in [1.807, 2.05) is 42.1 Å². The molecule has 0 bridgehead atoms. The SMILES string of the molecule is O=C(CCC1CCCC1)N1CCS[C@H]1c1ccc(OCc2ccccc2)cc1. The summed E-state index contributed by atoms with van der Waals surface area (Å²) in [5.74, 6) is 2.99. The number of thioether (sulfide) groups is 1. The Balaban J connectivity index is 1.32. The number of amides is 1. The van der Waals surface area contributed by atoms with Gasteiger partial charge in [0.1, 0.15) is 17.7 Å². The molecule has 1 saturated carbocycles. The topological polar surface area (TPSA) is 29.5 Å². The predicted octanol–water partition coefficient (Wildman–Crippen LogP) is 5.81. The van der Waals surface area contributed by atoms with E-state index in [2.05, 4.69) is 29.2 Å². The molecule has 0 spiro atoms. The van der Waals surface area contributed by atoms with Crippen molar-refractivity contribution < 1.29 is 9.53 Å². The number of hydrogen-bond acceptors (Lipinski definition) is 3. The molecule has 1 amide bonds. The van der Waals surface area contributed by atoms with E-state index in [4.69, 9.17) is 4.74 Å². The Morgan fingerprint density at radius 2 is 1.79 bits per heavy atom. The lowest BCUT2D eigenvalue weighted by atomic mass is 10.0. The summed E-state index contributed by atoms with van der Waals surface area (Å²) in [6, 6.07) is 18.5. The quantitative estimate of drug-likeness (QED) is 0.592. The van der Waals surface area contributed by atoms with Gasteiger partial charge < -0.3 is 9.64 Å². The summed E-state index contributed by atoms with van der Waals surface area (Å²) in [6.07, 6.45) is 7.10. The maximum atomic E-state index is 12.8. The van der Waals surface area contributed by atoms with Crippen molar-refractivity contribution in [2.45, 2.75) is 50.5 Å². The third-order valence-corrected chi connectivity index (χ3v) is 7.13. The second-order valence-corrected chi connectivity index (χ2v) is 9.03. The van der Waals surface area contributed by atoms with Crippen LogP contribution in [0.4, 0.5) is 0 Å². The molecule has 1 atom stereocenters. The van der Waals surface area contributed by atoms with Gasteiger partial charge in [0.15, 0.2) is 0 Å². The Labute approximate surface area is 172 Å². The molecule has 28 heavy (non-hydrogen) atoms. The molecule has 0 N–H and O–H groups in total. The van der Waals surface area contributed by atoms with Crippen LogP contribution in [-0.4, -0.2) is 23.1 Å². The zero-order valence-electron chi connectivity index (χ0n) is 16.4. The Morgan fingerprint density at radius 3 is 2.54 bits per heavy atom. The van der Waals surface area contributed by atoms with Crippen molar-refractivity contribution in [2.24, 2.45) is 5.92 Å². The molecular formula is C24H29NO2S. The molecule has 4 heteroatoms. The molecular weight excluding hydrogens is 366 g/mol. The highest BCUT2D eigenvalue weighted by molar-refractivity contribution is 7.99. The third kappa shape index (κ3) is 4.91. The van der Waals surface area contributed by atoms with Gasteiger partial charge in [-0.15, -0.1) is 11.8 Å². The van der Waals surface area contributed by atoms with Gasteiger partial charge >= 0.3 is 0 Å². The molecule has 1 aliphatic heterocycles. The molecule has 3 nitrogen and oxygen atoms in total. The van der Waals surface area contributed by atoms with Crippen LogP contribution in [0, 0.1) is 5.92 Å². The Morgan fingerprint density at radius 1 is 1.04 bits per heavy atom. The van der Waals surface area contributed by atoms with Gasteiger partial charge in [-0.05, 0) is 35.6 Å². The number of carbonyl (C=O) groups excluding carboxylic acids is 1. The van der Waals surface area contributed by atoms with Gasteiger partial charge in [0.2, 0.25) is 5.91 Å². The fraction of sp³-hybridized carbons (Fsp3) is 0.458. The minimum atomic E-state index is 0.152. The van der Waals surface area contributed by atoms with Crippen molar-refractivity contribution in [1.82, 2.24) is 4.90 Å². The highest BCUT2D eigenvalue weighted by Crippen LogP contribution is 2.39. The number of rotatable bonds is 7. The van der Waals surface area contributed by atoms with E-state index in [1.165, 1.54) is 31.2 Å². The van der Waals surface area contributed by atoms with E-state index in [9.17, 15) is 4.79 Å². The average Bonchev–Trinajstić information content (AvgIpc) is 3.44. The summed E-state index contributed by atoms with van der Waals surface area (Å²) in [4.78, 5) is 14.9. The van der Waals surface area contributed by atoms with Gasteiger partial charge in [-0.1, -0.05) is 68.1 Å². The van der Waals surface area contributed by atoms with E-state index in [1.54, 1.807) is 0 Å². The monoisotopic (exact) mass is 395 g/mol. The largest absolute Gasteiger partial charge is 0.489 e. The zero-order chi connectivity index (χ0) is 19.2. The standard InChI is InChI=1S/C24H29NO2S/c26-23(15-10-19-6-4-5-7-19)25-16-17-28-24(25)21-11-13-22(14-12-21)27-18-20-8-2-1-3-9-20/h1-3,8-9,11-14,19,24H,4-7,10,15-18H2/t24-/m0/s1. The first-order chi connectivity index (χ1) is 13.8. The van der Waals surface area contributed by atoms with E-state index in [0.29, 0.717) is 18.9 Å². The number of ether oxygens (including phenoxy) is 1. The van der Waals surface area contributed by atoms with Crippen molar-refractivity contribution in [3.8, 4) is 5.75 Å². The molecule has 2 fully saturated rings. The lowest BCUT2D eigenvalue weighted by Gasteiger charge is -2.25. The predicted molar refractivity (Wildman–Crippen MR) is 115 cm³/mol. The first kappa shape index (κ1) is 19.4. The zero-order valence-corrected chi connectivity index (χ0v) is 17.2. The van der Waals surface area contributed by atoms with Crippen LogP contribution in [0.2, 0.25) is 0 Å². The van der Waals surface area contributed by atoms with Crippen molar-refractivity contribution in [3.05, 3.63) is 65.7 Å². The number of hydrogen-bond donors (Lipinski definition) is 0. The van der Waals surface area contributed by atoms with Crippen molar-refractivity contribution in [1.29, 1.82) is 0 Å². The lowest BCUT2D eigenvalue weighted by molar-refractivity contribution is -0.131. The highest BCUT2D eigenvalue weighted by Gasteiger charge is 2.30. The highest BCUT2D eigenvalue weighted by atomic mass is 32.2. The number of benzene rings is 2. The summed E-state index contributed by atoms with van der Waals surface area (Å²) in [5.41, 5.74) is 2.36. The van der Waals surface area contributed by atoms with Crippen molar-refractivity contribution in [2.75, 3.05) is 12.3 Å². The number of nitrogens with zero attached hydrogens (tertiary/aromatic N) is 1. The third-order valence-electron chi connectivity index (χ3n) is 5.87. The molecule has 0 radical (unpaired) electrons. The average molecular weight is 396 g/mol. The van der Waals surface area contributed by atoms with E-state index in [0.717, 1.165) is 35.9 Å². The first-order valence-electron chi connectivity index (χ1n) is 10.5. The smallest absolute Gasteiger partial charge is 0.223 e. The maximum absolute atomic E-state index is 12.8. The second kappa shape index (κ2) is 9.51. The van der Waals surface area contributed by atoms with Crippen LogP contribution in [0.1, 0.15) is 55.0 Å². The Hall–Kier alpha value is -1.94. The van der Waals surface area contributed by atoms with Crippen LogP contribution >= 0.6 is 11.8 Å². The van der Waals surface area contributed by atoms with Crippen molar-refractivity contribution in [3.63, 3.8) is 0 Å². The van der Waals surface area contributed by atoms with Gasteiger partial charge in [0, 0.05) is 18.7 Å². The van der Waals surface area contributed by atoms with Gasteiger partial charge in [-0.25, -0.2) is 0 Å². The van der Waals surface area contributed by atoms with Crippen LogP contribution in [0.3, 0.4) is 0 Å². The van der Waals surface area contributed by atoms with Gasteiger partial charge in [0.05, 0.1) is 0 Å². The minimum Gasteiger partial charge on any atom is -0.489 e. The molecule has 1 heterocycles. The molecule has 2 aromatic rings. The summed E-state index contributed by atoms with van der Waals surface area (Å²) in [5, 5.41) is 0.152. The van der Waals surface area contributed by atoms with E-state index in [-0.39, 0.29) is 5.37 Å². The van der Waals surface area contributed by atoms with Crippen LogP contribution in [-0.2, 0) is 11.4 Å². The summed E-state index contributed by atoms with van der Waals surface area (Å²) >= 11 is 1.87. The molecule has 4 rings (SSSR count). The fourth-order valence-corrected chi connectivity index (χ4v) is 5.52. The van der Waals surface area contributed by atoms with Gasteiger partial charge in [-0.2, -0.15) is 0 Å². The second-order valence-electron chi connectivity index (χ2n) is 7.84. The normalized spacial score (nSPS) is 19.9. The fourth-order valence-electron chi connectivity index (χ4n) is 4.24. The molecule has 148 valence electrons. The van der Waals surface area contributed by atoms with Crippen LogP contribution in [0.5, 0.6) is 5.75 Å². The molecule has 0 aromatic heterocycles. The van der Waals surface area contributed by atoms with Gasteiger partial charge in [0.25, 0.3) is 0 Å². The first-order valence-corrected chi connectivity index (χ1v) is 11.5. The Kier molecular flexibility index (Phi) is 6.58. The van der Waals surface area contributed by atoms with Crippen molar-refractivity contribution >= 4 is 17.7 Å². The summed E-state index contributed by atoms with van der Waals surface area (Å²) in [6.45, 7) is 1.44. The molecule has 2 aliphatic rings. The van der Waals surface area contributed by atoms with Gasteiger partial charge in [-0.3, -0.25) is 4.79 Å². The molecule has 2 aromatic carbocycles.